The molecule has 2 bridgehead atoms. The van der Waals surface area contributed by atoms with E-state index in [2.05, 4.69) is 34.1 Å². The summed E-state index contributed by atoms with van der Waals surface area (Å²) < 4.78 is 0. The Hall–Kier alpha value is -2.75. The van der Waals surface area contributed by atoms with E-state index in [0.29, 0.717) is 17.6 Å². The Labute approximate surface area is 155 Å². The molecule has 4 nitrogen and oxygen atoms in total. The number of carbonyl (C=O) groups is 1. The number of para-hydroxylation sites is 2. The van der Waals surface area contributed by atoms with Crippen LogP contribution in [0.4, 0.5) is 5.69 Å². The Morgan fingerprint density at radius 1 is 1.00 bits per heavy atom. The van der Waals surface area contributed by atoms with Gasteiger partial charge in [-0.25, -0.2) is 0 Å². The Bertz CT molecular complexity index is 773. The number of carbonyl (C=O) groups excluding carboxylic acids is 1. The maximum absolute atomic E-state index is 12.2. The van der Waals surface area contributed by atoms with Gasteiger partial charge >= 0.3 is 0 Å². The summed E-state index contributed by atoms with van der Waals surface area (Å²) in [6, 6.07) is 18.1. The molecule has 2 heterocycles. The molecule has 2 saturated heterocycles. The molecule has 4 heteroatoms. The third kappa shape index (κ3) is 3.59. The van der Waals surface area contributed by atoms with Gasteiger partial charge in [-0.1, -0.05) is 44.2 Å². The van der Waals surface area contributed by atoms with Crippen molar-refractivity contribution in [3.8, 4) is 5.75 Å². The molecule has 2 aromatic carbocycles. The van der Waals surface area contributed by atoms with Crippen LogP contribution in [0.1, 0.15) is 30.6 Å². The molecular weight excluding hydrogens is 324 g/mol. The first-order valence-corrected chi connectivity index (χ1v) is 9.30. The van der Waals surface area contributed by atoms with Crippen LogP contribution >= 0.6 is 0 Å². The number of hydrogen-bond donors (Lipinski definition) is 1. The van der Waals surface area contributed by atoms with Crippen molar-refractivity contribution < 1.29 is 9.90 Å². The first-order valence-electron chi connectivity index (χ1n) is 9.30. The van der Waals surface area contributed by atoms with Crippen LogP contribution in [0.3, 0.4) is 0 Å². The molecule has 4 rings (SSSR count). The lowest BCUT2D eigenvalue weighted by atomic mass is 10.1. The average Bonchev–Trinajstić information content (AvgIpc) is 3.29. The number of rotatable bonds is 4. The maximum atomic E-state index is 12.2. The normalized spacial score (nSPS) is 21.0. The van der Waals surface area contributed by atoms with Crippen molar-refractivity contribution in [2.75, 3.05) is 18.0 Å². The Morgan fingerprint density at radius 2 is 1.69 bits per heavy atom. The highest BCUT2D eigenvalue weighted by Crippen LogP contribution is 2.34. The van der Waals surface area contributed by atoms with Crippen molar-refractivity contribution in [3.63, 3.8) is 0 Å². The zero-order chi connectivity index (χ0) is 18.5. The molecular formula is C22H26N2O2. The summed E-state index contributed by atoms with van der Waals surface area (Å²) in [5.41, 5.74) is 1.63. The van der Waals surface area contributed by atoms with Gasteiger partial charge in [-0.3, -0.25) is 4.79 Å². The number of aromatic hydroxyl groups is 1. The fourth-order valence-corrected chi connectivity index (χ4v) is 3.75. The molecule has 0 amide bonds. The lowest BCUT2D eigenvalue weighted by Crippen LogP contribution is -2.44. The minimum Gasteiger partial charge on any atom is -0.507 e. The van der Waals surface area contributed by atoms with Crippen molar-refractivity contribution in [1.29, 1.82) is 0 Å². The summed E-state index contributed by atoms with van der Waals surface area (Å²) in [5.74, 6) is -0.124. The lowest BCUT2D eigenvalue weighted by Gasteiger charge is -2.35. The summed E-state index contributed by atoms with van der Waals surface area (Å²) in [7, 11) is 0. The van der Waals surface area contributed by atoms with Gasteiger partial charge in [0.1, 0.15) is 5.75 Å². The smallest absolute Gasteiger partial charge is 0.190 e. The maximum Gasteiger partial charge on any atom is 0.190 e. The van der Waals surface area contributed by atoms with Gasteiger partial charge in [0.2, 0.25) is 0 Å². The van der Waals surface area contributed by atoms with Crippen LogP contribution in [-0.2, 0) is 0 Å². The molecule has 136 valence electrons. The van der Waals surface area contributed by atoms with Crippen molar-refractivity contribution in [1.82, 2.24) is 4.90 Å². The molecule has 2 atom stereocenters. The van der Waals surface area contributed by atoms with Crippen LogP contribution in [0.5, 0.6) is 5.75 Å². The standard InChI is InChI=1S/C20H20N2O2.C2H6/c23-19-9-5-4-8-18(19)20(24)10-11-21-13-17-12-16(21)14-22(17)15-6-2-1-3-7-15;1-2/h1-11,16-17,23H,12-14H2;1-2H3/b11-10+;. The molecule has 2 aliphatic rings. The van der Waals surface area contributed by atoms with Crippen molar-refractivity contribution in [2.24, 2.45) is 0 Å². The number of phenols is 1. The van der Waals surface area contributed by atoms with Crippen molar-refractivity contribution >= 4 is 11.5 Å². The van der Waals surface area contributed by atoms with E-state index in [9.17, 15) is 9.90 Å². The quantitative estimate of drug-likeness (QED) is 0.667. The van der Waals surface area contributed by atoms with Gasteiger partial charge in [0.25, 0.3) is 0 Å². The fourth-order valence-electron chi connectivity index (χ4n) is 3.75. The third-order valence-electron chi connectivity index (χ3n) is 4.96. The Morgan fingerprint density at radius 3 is 2.35 bits per heavy atom. The van der Waals surface area contributed by atoms with Crippen LogP contribution in [0, 0.1) is 0 Å². The molecule has 2 fully saturated rings. The molecule has 2 aromatic rings. The fraction of sp³-hybridized carbons (Fsp3) is 0.318. The summed E-state index contributed by atoms with van der Waals surface area (Å²) >= 11 is 0. The summed E-state index contributed by atoms with van der Waals surface area (Å²) in [6.07, 6.45) is 4.59. The van der Waals surface area contributed by atoms with Gasteiger partial charge in [-0.2, -0.15) is 0 Å². The number of allylic oxidation sites excluding steroid dienone is 1. The predicted molar refractivity (Wildman–Crippen MR) is 106 cm³/mol. The minimum absolute atomic E-state index is 0.0327. The molecule has 0 radical (unpaired) electrons. The lowest BCUT2D eigenvalue weighted by molar-refractivity contribution is 0.104. The number of phenolic OH excluding ortho intramolecular Hbond substituents is 1. The van der Waals surface area contributed by atoms with Gasteiger partial charge in [0.15, 0.2) is 5.78 Å². The predicted octanol–water partition coefficient (Wildman–Crippen LogP) is 4.08. The number of piperazine rings is 1. The number of nitrogens with zero attached hydrogens (tertiary/aromatic N) is 2. The summed E-state index contributed by atoms with van der Waals surface area (Å²) in [4.78, 5) is 16.9. The van der Waals surface area contributed by atoms with Crippen LogP contribution in [0.25, 0.3) is 0 Å². The van der Waals surface area contributed by atoms with Gasteiger partial charge in [-0.05, 0) is 30.7 Å². The Kier molecular flexibility index (Phi) is 5.61. The number of hydrogen-bond acceptors (Lipinski definition) is 4. The van der Waals surface area contributed by atoms with Gasteiger partial charge in [0, 0.05) is 43.1 Å². The van der Waals surface area contributed by atoms with E-state index in [0.717, 1.165) is 19.5 Å². The second-order valence-corrected chi connectivity index (χ2v) is 6.43. The highest BCUT2D eigenvalue weighted by Gasteiger charge is 2.41. The van der Waals surface area contributed by atoms with Gasteiger partial charge in [-0.15, -0.1) is 0 Å². The van der Waals surface area contributed by atoms with Crippen LogP contribution in [0.2, 0.25) is 0 Å². The zero-order valence-corrected chi connectivity index (χ0v) is 15.4. The topological polar surface area (TPSA) is 43.8 Å². The first-order chi connectivity index (χ1) is 12.7. The SMILES string of the molecule is CC.O=C(/C=C/N1CC2CC1CN2c1ccccc1)c1ccccc1O. The highest BCUT2D eigenvalue weighted by atomic mass is 16.3. The monoisotopic (exact) mass is 350 g/mol. The highest BCUT2D eigenvalue weighted by molar-refractivity contribution is 6.06. The first kappa shape index (κ1) is 18.1. The molecule has 0 aliphatic carbocycles. The molecule has 0 saturated carbocycles. The van der Waals surface area contributed by atoms with Crippen molar-refractivity contribution in [3.05, 3.63) is 72.4 Å². The molecule has 0 aromatic heterocycles. The van der Waals surface area contributed by atoms with E-state index in [1.54, 1.807) is 24.3 Å². The van der Waals surface area contributed by atoms with Crippen LogP contribution in [-0.4, -0.2) is 41.0 Å². The molecule has 2 unspecified atom stereocenters. The van der Waals surface area contributed by atoms with E-state index in [-0.39, 0.29) is 11.5 Å². The van der Waals surface area contributed by atoms with E-state index >= 15 is 0 Å². The zero-order valence-electron chi connectivity index (χ0n) is 15.4. The Balaban J connectivity index is 0.000000948. The number of likely N-dealkylation sites (tertiary alicyclic amines) is 1. The van der Waals surface area contributed by atoms with E-state index in [1.807, 2.05) is 26.1 Å². The summed E-state index contributed by atoms with van der Waals surface area (Å²) in [5, 5.41) is 9.76. The van der Waals surface area contributed by atoms with Gasteiger partial charge in [0.05, 0.1) is 5.56 Å². The van der Waals surface area contributed by atoms with Gasteiger partial charge < -0.3 is 14.9 Å². The largest absolute Gasteiger partial charge is 0.507 e. The number of benzene rings is 2. The second kappa shape index (κ2) is 8.09. The molecule has 26 heavy (non-hydrogen) atoms. The molecule has 0 spiro atoms. The van der Waals surface area contributed by atoms with Crippen LogP contribution in [0.15, 0.2) is 66.9 Å². The third-order valence-corrected chi connectivity index (χ3v) is 4.96. The number of anilines is 1. The minimum atomic E-state index is -0.157. The van der Waals surface area contributed by atoms with E-state index in [4.69, 9.17) is 0 Å². The van der Waals surface area contributed by atoms with Crippen molar-refractivity contribution in [2.45, 2.75) is 32.4 Å². The molecule has 2 aliphatic heterocycles. The number of ketones is 1. The molecule has 1 N–H and O–H groups in total. The number of fused-ring (bicyclic) bond motifs is 2. The summed E-state index contributed by atoms with van der Waals surface area (Å²) in [6.45, 7) is 5.92. The van der Waals surface area contributed by atoms with Crippen LogP contribution < -0.4 is 4.90 Å². The van der Waals surface area contributed by atoms with E-state index < -0.39 is 0 Å². The average molecular weight is 350 g/mol. The second-order valence-electron chi connectivity index (χ2n) is 6.43. The van der Waals surface area contributed by atoms with E-state index in [1.165, 1.54) is 11.8 Å².